The van der Waals surface area contributed by atoms with Crippen LogP contribution in [-0.2, 0) is 0 Å². The van der Waals surface area contributed by atoms with Crippen molar-refractivity contribution >= 4 is 11.6 Å². The van der Waals surface area contributed by atoms with Crippen molar-refractivity contribution in [1.29, 1.82) is 0 Å². The normalized spacial score (nSPS) is 14.2. The van der Waals surface area contributed by atoms with Crippen molar-refractivity contribution in [3.8, 4) is 5.69 Å². The third-order valence-corrected chi connectivity index (χ3v) is 3.52. The first-order valence-corrected chi connectivity index (χ1v) is 7.08. The molecule has 0 fully saturated rings. The monoisotopic (exact) mass is 293 g/mol. The Morgan fingerprint density at radius 1 is 1.40 bits per heavy atom. The summed E-state index contributed by atoms with van der Waals surface area (Å²) >= 11 is 6.02. The smallest absolute Gasteiger partial charge is 0.0663 e. The van der Waals surface area contributed by atoms with Crippen LogP contribution in [0.5, 0.6) is 0 Å². The molecule has 5 heteroatoms. The molecular formula is C15H20ClN3O. The predicted octanol–water partition coefficient (Wildman–Crippen LogP) is 2.87. The summed E-state index contributed by atoms with van der Waals surface area (Å²) in [4.78, 5) is 0. The van der Waals surface area contributed by atoms with E-state index in [4.69, 9.17) is 11.6 Å². The lowest BCUT2D eigenvalue weighted by molar-refractivity contribution is 0.187. The number of benzene rings is 1. The molecule has 1 heterocycles. The SMILES string of the molecule is Cc1c(C(C)NCC(C)O)cnn1-c1cccc(Cl)c1. The van der Waals surface area contributed by atoms with Gasteiger partial charge in [0.05, 0.1) is 18.0 Å². The average Bonchev–Trinajstić information content (AvgIpc) is 2.78. The summed E-state index contributed by atoms with van der Waals surface area (Å²) in [6.07, 6.45) is 1.50. The van der Waals surface area contributed by atoms with Gasteiger partial charge in [-0.1, -0.05) is 17.7 Å². The zero-order chi connectivity index (χ0) is 14.7. The molecule has 2 unspecified atom stereocenters. The first-order chi connectivity index (χ1) is 9.49. The molecule has 1 aromatic heterocycles. The molecule has 2 atom stereocenters. The van der Waals surface area contributed by atoms with E-state index in [0.717, 1.165) is 16.9 Å². The Balaban J connectivity index is 2.22. The molecule has 2 aromatic rings. The topological polar surface area (TPSA) is 50.1 Å². The highest BCUT2D eigenvalue weighted by Crippen LogP contribution is 2.21. The van der Waals surface area contributed by atoms with Crippen LogP contribution in [0.15, 0.2) is 30.5 Å². The number of aromatic nitrogens is 2. The number of aliphatic hydroxyl groups is 1. The fraction of sp³-hybridized carbons (Fsp3) is 0.400. The third kappa shape index (κ3) is 3.39. The van der Waals surface area contributed by atoms with Gasteiger partial charge in [-0.25, -0.2) is 4.68 Å². The zero-order valence-corrected chi connectivity index (χ0v) is 12.7. The first-order valence-electron chi connectivity index (χ1n) is 6.71. The van der Waals surface area contributed by atoms with E-state index in [-0.39, 0.29) is 12.1 Å². The number of halogens is 1. The van der Waals surface area contributed by atoms with Gasteiger partial charge < -0.3 is 10.4 Å². The van der Waals surface area contributed by atoms with Crippen molar-refractivity contribution in [3.05, 3.63) is 46.7 Å². The maximum Gasteiger partial charge on any atom is 0.0663 e. The van der Waals surface area contributed by atoms with Crippen LogP contribution in [0, 0.1) is 6.92 Å². The molecule has 0 aliphatic rings. The van der Waals surface area contributed by atoms with Gasteiger partial charge in [0.15, 0.2) is 0 Å². The second-order valence-electron chi connectivity index (χ2n) is 5.06. The third-order valence-electron chi connectivity index (χ3n) is 3.29. The minimum Gasteiger partial charge on any atom is -0.392 e. The standard InChI is InChI=1S/C15H20ClN3O/c1-10(20)8-17-11(2)15-9-18-19(12(15)3)14-6-4-5-13(16)7-14/h4-7,9-11,17,20H,8H2,1-3H3. The number of nitrogens with one attached hydrogen (secondary N) is 1. The molecule has 1 aromatic carbocycles. The second kappa shape index (κ2) is 6.39. The van der Waals surface area contributed by atoms with Crippen LogP contribution >= 0.6 is 11.6 Å². The molecule has 0 spiro atoms. The van der Waals surface area contributed by atoms with E-state index in [1.807, 2.05) is 42.1 Å². The largest absolute Gasteiger partial charge is 0.392 e. The van der Waals surface area contributed by atoms with Crippen LogP contribution < -0.4 is 5.32 Å². The first kappa shape index (κ1) is 15.0. The lowest BCUT2D eigenvalue weighted by Gasteiger charge is -2.15. The number of rotatable bonds is 5. The van der Waals surface area contributed by atoms with Gasteiger partial charge in [0, 0.05) is 28.9 Å². The Labute approximate surface area is 124 Å². The molecule has 0 saturated carbocycles. The van der Waals surface area contributed by atoms with Crippen molar-refractivity contribution in [3.63, 3.8) is 0 Å². The lowest BCUT2D eigenvalue weighted by Crippen LogP contribution is -2.27. The summed E-state index contributed by atoms with van der Waals surface area (Å²) in [5.74, 6) is 0. The van der Waals surface area contributed by atoms with Crippen LogP contribution in [0.25, 0.3) is 5.69 Å². The molecule has 0 aliphatic heterocycles. The summed E-state index contributed by atoms with van der Waals surface area (Å²) in [5.41, 5.74) is 3.13. The zero-order valence-electron chi connectivity index (χ0n) is 12.0. The molecule has 0 amide bonds. The number of hydrogen-bond donors (Lipinski definition) is 2. The Bertz CT molecular complexity index is 580. The van der Waals surface area contributed by atoms with E-state index in [9.17, 15) is 5.11 Å². The Morgan fingerprint density at radius 3 is 2.80 bits per heavy atom. The predicted molar refractivity (Wildman–Crippen MR) is 81.4 cm³/mol. The van der Waals surface area contributed by atoms with Gasteiger partial charge in [-0.2, -0.15) is 5.10 Å². The van der Waals surface area contributed by atoms with E-state index in [1.165, 1.54) is 0 Å². The number of nitrogens with zero attached hydrogens (tertiary/aromatic N) is 2. The van der Waals surface area contributed by atoms with Crippen LogP contribution in [-0.4, -0.2) is 27.5 Å². The van der Waals surface area contributed by atoms with Gasteiger partial charge in [-0.3, -0.25) is 0 Å². The maximum absolute atomic E-state index is 9.33. The van der Waals surface area contributed by atoms with Gasteiger partial charge in [0.25, 0.3) is 0 Å². The molecule has 2 N–H and O–H groups in total. The summed E-state index contributed by atoms with van der Waals surface area (Å²) in [6.45, 7) is 6.42. The molecule has 0 bridgehead atoms. The second-order valence-corrected chi connectivity index (χ2v) is 5.49. The molecule has 108 valence electrons. The van der Waals surface area contributed by atoms with Gasteiger partial charge in [-0.05, 0) is 39.0 Å². The van der Waals surface area contributed by atoms with E-state index in [0.29, 0.717) is 11.6 Å². The fourth-order valence-corrected chi connectivity index (χ4v) is 2.36. The van der Waals surface area contributed by atoms with E-state index < -0.39 is 0 Å². The summed E-state index contributed by atoms with van der Waals surface area (Å²) in [6, 6.07) is 7.76. The molecule has 2 rings (SSSR count). The van der Waals surface area contributed by atoms with Crippen LogP contribution in [0.2, 0.25) is 5.02 Å². The molecule has 0 aliphatic carbocycles. The maximum atomic E-state index is 9.33. The van der Waals surface area contributed by atoms with Gasteiger partial charge in [0.2, 0.25) is 0 Å². The summed E-state index contributed by atoms with van der Waals surface area (Å²) in [5, 5.41) is 17.7. The van der Waals surface area contributed by atoms with Crippen LogP contribution in [0.4, 0.5) is 0 Å². The fourth-order valence-electron chi connectivity index (χ4n) is 2.17. The number of hydrogen-bond acceptors (Lipinski definition) is 3. The molecule has 0 radical (unpaired) electrons. The Hall–Kier alpha value is -1.36. The minimum absolute atomic E-state index is 0.137. The average molecular weight is 294 g/mol. The van der Waals surface area contributed by atoms with Crippen molar-refractivity contribution in [2.45, 2.75) is 32.9 Å². The highest BCUT2D eigenvalue weighted by molar-refractivity contribution is 6.30. The van der Waals surface area contributed by atoms with Gasteiger partial charge >= 0.3 is 0 Å². The summed E-state index contributed by atoms with van der Waals surface area (Å²) in [7, 11) is 0. The van der Waals surface area contributed by atoms with Crippen molar-refractivity contribution in [2.24, 2.45) is 0 Å². The van der Waals surface area contributed by atoms with E-state index in [2.05, 4.69) is 17.3 Å². The van der Waals surface area contributed by atoms with Gasteiger partial charge in [0.1, 0.15) is 0 Å². The van der Waals surface area contributed by atoms with E-state index >= 15 is 0 Å². The molecule has 4 nitrogen and oxygen atoms in total. The lowest BCUT2D eigenvalue weighted by atomic mass is 10.1. The van der Waals surface area contributed by atoms with Crippen molar-refractivity contribution < 1.29 is 5.11 Å². The number of aliphatic hydroxyl groups excluding tert-OH is 1. The highest BCUT2D eigenvalue weighted by atomic mass is 35.5. The Morgan fingerprint density at radius 2 is 2.15 bits per heavy atom. The molecule has 0 saturated heterocycles. The summed E-state index contributed by atoms with van der Waals surface area (Å²) < 4.78 is 1.88. The van der Waals surface area contributed by atoms with Crippen LogP contribution in [0.3, 0.4) is 0 Å². The molecular weight excluding hydrogens is 274 g/mol. The quantitative estimate of drug-likeness (QED) is 0.891. The highest BCUT2D eigenvalue weighted by Gasteiger charge is 2.14. The molecule has 20 heavy (non-hydrogen) atoms. The van der Waals surface area contributed by atoms with Crippen molar-refractivity contribution in [1.82, 2.24) is 15.1 Å². The van der Waals surface area contributed by atoms with Gasteiger partial charge in [-0.15, -0.1) is 0 Å². The van der Waals surface area contributed by atoms with E-state index in [1.54, 1.807) is 6.92 Å². The van der Waals surface area contributed by atoms with Crippen molar-refractivity contribution in [2.75, 3.05) is 6.54 Å². The van der Waals surface area contributed by atoms with Crippen LogP contribution in [0.1, 0.15) is 31.1 Å². The minimum atomic E-state index is -0.360. The Kier molecular flexibility index (Phi) is 4.81.